The van der Waals surface area contributed by atoms with E-state index in [-0.39, 0.29) is 11.2 Å². The zero-order valence-electron chi connectivity index (χ0n) is 11.2. The lowest BCUT2D eigenvalue weighted by atomic mass is 10.0. The van der Waals surface area contributed by atoms with E-state index in [2.05, 4.69) is 9.97 Å². The molecule has 0 radical (unpaired) electrons. The second-order valence-corrected chi connectivity index (χ2v) is 6.53. The highest BCUT2D eigenvalue weighted by Crippen LogP contribution is 2.36. The molecule has 106 valence electrons. The average molecular weight is 290 g/mol. The summed E-state index contributed by atoms with van der Waals surface area (Å²) in [5, 5.41) is 10.4. The highest BCUT2D eigenvalue weighted by molar-refractivity contribution is 7.99. The van der Waals surface area contributed by atoms with Crippen LogP contribution >= 0.6 is 11.8 Å². The monoisotopic (exact) mass is 290 g/mol. The van der Waals surface area contributed by atoms with Crippen molar-refractivity contribution in [3.05, 3.63) is 24.3 Å². The molecule has 1 aliphatic carbocycles. The number of para-hydroxylation sites is 2. The summed E-state index contributed by atoms with van der Waals surface area (Å²) < 4.78 is 0. The minimum atomic E-state index is -0.666. The molecule has 1 heterocycles. The van der Waals surface area contributed by atoms with Gasteiger partial charge >= 0.3 is 5.97 Å². The number of benzene rings is 1. The Hall–Kier alpha value is -1.49. The molecule has 1 saturated carbocycles. The van der Waals surface area contributed by atoms with Gasteiger partial charge in [-0.05, 0) is 25.0 Å². The van der Waals surface area contributed by atoms with E-state index in [1.165, 1.54) is 0 Å². The number of imidazole rings is 1. The third-order valence-electron chi connectivity index (χ3n) is 3.90. The number of fused-ring (bicyclic) bond motifs is 1. The molecular formula is C15H18N2O2S. The molecule has 0 bridgehead atoms. The second-order valence-electron chi connectivity index (χ2n) is 5.30. The van der Waals surface area contributed by atoms with E-state index in [4.69, 9.17) is 0 Å². The number of carbonyl (C=O) groups is 1. The normalized spacial score (nSPS) is 23.6. The minimum absolute atomic E-state index is 0.121. The van der Waals surface area contributed by atoms with Crippen LogP contribution in [0.4, 0.5) is 0 Å². The lowest BCUT2D eigenvalue weighted by Gasteiger charge is -2.19. The molecule has 4 nitrogen and oxygen atoms in total. The largest absolute Gasteiger partial charge is 0.481 e. The summed E-state index contributed by atoms with van der Waals surface area (Å²) >= 11 is 1.59. The smallest absolute Gasteiger partial charge is 0.307 e. The van der Waals surface area contributed by atoms with Crippen molar-refractivity contribution in [1.29, 1.82) is 0 Å². The Balaban J connectivity index is 1.81. The van der Waals surface area contributed by atoms with Crippen LogP contribution < -0.4 is 0 Å². The number of nitrogens with one attached hydrogen (secondary N) is 1. The van der Waals surface area contributed by atoms with Crippen LogP contribution in [0.1, 0.15) is 32.1 Å². The van der Waals surface area contributed by atoms with Gasteiger partial charge in [0, 0.05) is 5.25 Å². The number of H-pyrrole nitrogens is 1. The van der Waals surface area contributed by atoms with E-state index in [9.17, 15) is 9.90 Å². The molecule has 0 spiro atoms. The lowest BCUT2D eigenvalue weighted by molar-refractivity contribution is -0.141. The second kappa shape index (κ2) is 5.87. The summed E-state index contributed by atoms with van der Waals surface area (Å²) in [7, 11) is 0. The molecule has 1 aromatic heterocycles. The number of rotatable bonds is 3. The summed E-state index contributed by atoms with van der Waals surface area (Å²) in [5.74, 6) is -0.920. The highest BCUT2D eigenvalue weighted by Gasteiger charge is 2.30. The van der Waals surface area contributed by atoms with Gasteiger partial charge in [-0.1, -0.05) is 43.2 Å². The number of hydrogen-bond donors (Lipinski definition) is 2. The molecule has 5 heteroatoms. The number of hydrogen-bond acceptors (Lipinski definition) is 3. The molecule has 2 aromatic rings. The van der Waals surface area contributed by atoms with Crippen molar-refractivity contribution < 1.29 is 9.90 Å². The third kappa shape index (κ3) is 2.82. The van der Waals surface area contributed by atoms with Crippen LogP contribution in [0.2, 0.25) is 0 Å². The van der Waals surface area contributed by atoms with Crippen molar-refractivity contribution in [3.63, 3.8) is 0 Å². The molecular weight excluding hydrogens is 272 g/mol. The topological polar surface area (TPSA) is 66.0 Å². The maximum atomic E-state index is 11.4. The van der Waals surface area contributed by atoms with Gasteiger partial charge in [0.05, 0.1) is 17.0 Å². The van der Waals surface area contributed by atoms with E-state index in [0.29, 0.717) is 0 Å². The van der Waals surface area contributed by atoms with Gasteiger partial charge in [0.25, 0.3) is 0 Å². The van der Waals surface area contributed by atoms with E-state index >= 15 is 0 Å². The predicted molar refractivity (Wildman–Crippen MR) is 79.9 cm³/mol. The molecule has 1 fully saturated rings. The Labute approximate surface area is 122 Å². The van der Waals surface area contributed by atoms with Gasteiger partial charge in [-0.15, -0.1) is 0 Å². The molecule has 0 aliphatic heterocycles. The van der Waals surface area contributed by atoms with Gasteiger partial charge in [0.15, 0.2) is 5.16 Å². The van der Waals surface area contributed by atoms with Gasteiger partial charge in [0.1, 0.15) is 0 Å². The SMILES string of the molecule is O=C(O)C1CCCCCC1Sc1nc2ccccc2[nH]1. The number of nitrogens with zero attached hydrogens (tertiary/aromatic N) is 1. The number of aliphatic carboxylic acids is 1. The van der Waals surface area contributed by atoms with Gasteiger partial charge in [-0.2, -0.15) is 0 Å². The first-order chi connectivity index (χ1) is 9.74. The summed E-state index contributed by atoms with van der Waals surface area (Å²) in [5.41, 5.74) is 1.95. The fourth-order valence-corrected chi connectivity index (χ4v) is 4.13. The quantitative estimate of drug-likeness (QED) is 0.846. The van der Waals surface area contributed by atoms with Crippen molar-refractivity contribution in [3.8, 4) is 0 Å². The number of thioether (sulfide) groups is 1. The zero-order valence-corrected chi connectivity index (χ0v) is 12.0. The first-order valence-electron chi connectivity index (χ1n) is 7.08. The molecule has 1 aromatic carbocycles. The van der Waals surface area contributed by atoms with E-state index in [1.807, 2.05) is 24.3 Å². The number of carboxylic acid groups (broad SMARTS) is 1. The first-order valence-corrected chi connectivity index (χ1v) is 7.96. The van der Waals surface area contributed by atoms with Crippen LogP contribution in [-0.2, 0) is 4.79 Å². The fourth-order valence-electron chi connectivity index (χ4n) is 2.83. The molecule has 3 rings (SSSR count). The summed E-state index contributed by atoms with van der Waals surface area (Å²) in [6, 6.07) is 7.90. The van der Waals surface area contributed by atoms with Crippen molar-refractivity contribution in [1.82, 2.24) is 9.97 Å². The summed E-state index contributed by atoms with van der Waals surface area (Å²) in [6.45, 7) is 0. The lowest BCUT2D eigenvalue weighted by Crippen LogP contribution is -2.24. The van der Waals surface area contributed by atoms with Crippen LogP contribution in [0.5, 0.6) is 0 Å². The average Bonchev–Trinajstić information content (AvgIpc) is 2.68. The van der Waals surface area contributed by atoms with E-state index in [1.54, 1.807) is 11.8 Å². The highest BCUT2D eigenvalue weighted by atomic mass is 32.2. The standard InChI is InChI=1S/C15H18N2O2S/c18-14(19)10-6-2-1-3-9-13(10)20-15-16-11-7-4-5-8-12(11)17-15/h4-5,7-8,10,13H,1-3,6,9H2,(H,16,17)(H,18,19). The fraction of sp³-hybridized carbons (Fsp3) is 0.467. The van der Waals surface area contributed by atoms with Crippen molar-refractivity contribution in [2.45, 2.75) is 42.5 Å². The maximum Gasteiger partial charge on any atom is 0.307 e. The van der Waals surface area contributed by atoms with Crippen LogP contribution in [0.15, 0.2) is 29.4 Å². The van der Waals surface area contributed by atoms with Crippen molar-refractivity contribution >= 4 is 28.8 Å². The molecule has 20 heavy (non-hydrogen) atoms. The zero-order chi connectivity index (χ0) is 13.9. The maximum absolute atomic E-state index is 11.4. The summed E-state index contributed by atoms with van der Waals surface area (Å²) in [4.78, 5) is 19.3. The van der Waals surface area contributed by atoms with Crippen molar-refractivity contribution in [2.75, 3.05) is 0 Å². The third-order valence-corrected chi connectivity index (χ3v) is 5.18. The predicted octanol–water partition coefficient (Wildman–Crippen LogP) is 3.69. The Kier molecular flexibility index (Phi) is 3.96. The Bertz CT molecular complexity index is 578. The number of aromatic nitrogens is 2. The molecule has 0 amide bonds. The van der Waals surface area contributed by atoms with E-state index in [0.717, 1.165) is 48.3 Å². The Morgan fingerprint density at radius 2 is 2.05 bits per heavy atom. The van der Waals surface area contributed by atoms with Crippen LogP contribution in [0, 0.1) is 5.92 Å². The Morgan fingerprint density at radius 1 is 1.25 bits per heavy atom. The Morgan fingerprint density at radius 3 is 2.85 bits per heavy atom. The van der Waals surface area contributed by atoms with Crippen LogP contribution in [0.3, 0.4) is 0 Å². The van der Waals surface area contributed by atoms with Crippen LogP contribution in [-0.4, -0.2) is 26.3 Å². The van der Waals surface area contributed by atoms with Gasteiger partial charge in [-0.3, -0.25) is 4.79 Å². The minimum Gasteiger partial charge on any atom is -0.481 e. The molecule has 1 aliphatic rings. The van der Waals surface area contributed by atoms with Gasteiger partial charge in [0.2, 0.25) is 0 Å². The summed E-state index contributed by atoms with van der Waals surface area (Å²) in [6.07, 6.45) is 5.02. The van der Waals surface area contributed by atoms with Gasteiger partial charge in [-0.25, -0.2) is 4.98 Å². The molecule has 2 unspecified atom stereocenters. The van der Waals surface area contributed by atoms with Crippen molar-refractivity contribution in [2.24, 2.45) is 5.92 Å². The molecule has 0 saturated heterocycles. The van der Waals surface area contributed by atoms with Gasteiger partial charge < -0.3 is 10.1 Å². The molecule has 2 atom stereocenters. The number of aromatic amines is 1. The van der Waals surface area contributed by atoms with Crippen LogP contribution in [0.25, 0.3) is 11.0 Å². The molecule has 2 N–H and O–H groups in total. The number of carboxylic acids is 1. The first kappa shape index (κ1) is 13.5. The van der Waals surface area contributed by atoms with E-state index < -0.39 is 5.97 Å².